The van der Waals surface area contributed by atoms with Gasteiger partial charge in [-0.1, -0.05) is 0 Å². The van der Waals surface area contributed by atoms with Crippen LogP contribution in [0.25, 0.3) is 22.3 Å². The van der Waals surface area contributed by atoms with E-state index in [0.29, 0.717) is 5.56 Å². The highest BCUT2D eigenvalue weighted by atomic mass is 16.8. The largest absolute Gasteiger partial charge is 0.507 e. The third-order valence-electron chi connectivity index (χ3n) is 7.29. The molecule has 2 aliphatic rings. The van der Waals surface area contributed by atoms with E-state index in [0.717, 1.165) is 12.1 Å². The minimum absolute atomic E-state index is 0.0408. The van der Waals surface area contributed by atoms with Crippen molar-refractivity contribution >= 4 is 11.0 Å². The number of phenols is 3. The maximum Gasteiger partial charge on any atom is 0.229 e. The van der Waals surface area contributed by atoms with Crippen molar-refractivity contribution < 1.29 is 74.4 Å². The summed E-state index contributed by atoms with van der Waals surface area (Å²) < 4.78 is 27.9. The molecular weight excluding hydrogens is 580 g/mol. The van der Waals surface area contributed by atoms with Crippen LogP contribution in [-0.4, -0.2) is 126 Å². The summed E-state index contributed by atoms with van der Waals surface area (Å²) in [6.45, 7) is -1.46. The molecule has 0 amide bonds. The number of aliphatic hydroxyl groups excluding tert-OH is 7. The fraction of sp³-hybridized carbons (Fsp3) is 0.444. The van der Waals surface area contributed by atoms with Gasteiger partial charge in [0, 0.05) is 17.7 Å². The Kier molecular flexibility index (Phi) is 8.77. The van der Waals surface area contributed by atoms with Gasteiger partial charge >= 0.3 is 0 Å². The number of ether oxygens (including phenoxy) is 4. The van der Waals surface area contributed by atoms with E-state index in [-0.39, 0.29) is 16.9 Å². The summed E-state index contributed by atoms with van der Waals surface area (Å²) in [5.41, 5.74) is -0.835. The van der Waals surface area contributed by atoms with Gasteiger partial charge < -0.3 is 74.4 Å². The molecule has 43 heavy (non-hydrogen) atoms. The Morgan fingerprint density at radius 2 is 1.33 bits per heavy atom. The monoisotopic (exact) mass is 610 g/mol. The Balaban J connectivity index is 1.40. The van der Waals surface area contributed by atoms with E-state index < -0.39 is 103 Å². The molecule has 2 aromatic carbocycles. The molecule has 0 radical (unpaired) electrons. The summed E-state index contributed by atoms with van der Waals surface area (Å²) in [5, 5.41) is 100. The number of aromatic hydroxyl groups is 3. The molecule has 16 nitrogen and oxygen atoms in total. The molecule has 1 aromatic heterocycles. The van der Waals surface area contributed by atoms with Crippen LogP contribution in [-0.2, 0) is 14.2 Å². The minimum atomic E-state index is -1.84. The molecule has 2 fully saturated rings. The smallest absolute Gasteiger partial charge is 0.229 e. The zero-order valence-electron chi connectivity index (χ0n) is 22.1. The van der Waals surface area contributed by atoms with E-state index in [9.17, 15) is 55.9 Å². The number of aliphatic hydroxyl groups is 7. The molecule has 0 saturated carbocycles. The van der Waals surface area contributed by atoms with Gasteiger partial charge in [-0.05, 0) is 24.3 Å². The topological polar surface area (TPSA) is 269 Å². The van der Waals surface area contributed by atoms with Gasteiger partial charge in [-0.3, -0.25) is 4.79 Å². The zero-order chi connectivity index (χ0) is 31.2. The number of benzene rings is 2. The van der Waals surface area contributed by atoms with Crippen molar-refractivity contribution in [3.8, 4) is 34.3 Å². The van der Waals surface area contributed by atoms with Crippen LogP contribution in [0.5, 0.6) is 23.0 Å². The SMILES string of the molecule is O=c1cc(-c2ccc(OC3OC(CO)C(O)C(O)C3OC3OC(CO)C(O)C(O)C3O)cc2)oc2c(O)c(O)cc(O)c12. The highest BCUT2D eigenvalue weighted by molar-refractivity contribution is 5.91. The normalized spacial score (nSPS) is 33.0. The van der Waals surface area contributed by atoms with Crippen molar-refractivity contribution in [1.29, 1.82) is 0 Å². The fourth-order valence-corrected chi connectivity index (χ4v) is 4.89. The van der Waals surface area contributed by atoms with Crippen LogP contribution >= 0.6 is 0 Å². The molecule has 10 atom stereocenters. The van der Waals surface area contributed by atoms with E-state index in [2.05, 4.69) is 0 Å². The summed E-state index contributed by atoms with van der Waals surface area (Å²) in [6, 6.07) is 7.51. The van der Waals surface area contributed by atoms with Gasteiger partial charge in [0.15, 0.2) is 29.2 Å². The zero-order valence-corrected chi connectivity index (χ0v) is 22.1. The van der Waals surface area contributed by atoms with Crippen LogP contribution in [0.3, 0.4) is 0 Å². The van der Waals surface area contributed by atoms with E-state index in [1.807, 2.05) is 0 Å². The number of phenolic OH excluding ortho intramolecular Hbond substituents is 3. The highest BCUT2D eigenvalue weighted by Gasteiger charge is 2.51. The lowest BCUT2D eigenvalue weighted by Crippen LogP contribution is -2.65. The molecular formula is C27H30O16. The maximum atomic E-state index is 12.6. The average molecular weight is 611 g/mol. The number of rotatable bonds is 7. The summed E-state index contributed by atoms with van der Waals surface area (Å²) in [4.78, 5) is 12.6. The summed E-state index contributed by atoms with van der Waals surface area (Å²) in [7, 11) is 0. The van der Waals surface area contributed by atoms with Crippen LogP contribution in [0, 0.1) is 0 Å². The van der Waals surface area contributed by atoms with Crippen molar-refractivity contribution in [3.05, 3.63) is 46.6 Å². The first-order chi connectivity index (χ1) is 20.4. The molecule has 10 unspecified atom stereocenters. The molecule has 3 heterocycles. The van der Waals surface area contributed by atoms with Crippen molar-refractivity contribution in [2.24, 2.45) is 0 Å². The second kappa shape index (κ2) is 12.2. The summed E-state index contributed by atoms with van der Waals surface area (Å²) in [6.07, 6.45) is -16.2. The standard InChI is InChI=1S/C27H30O16/c28-7-15-19(34)21(36)23(38)26(41-15)43-25-22(37)20(35)16(8-29)42-27(25)39-10-3-1-9(2-4-10)14-6-12(31)17-11(30)5-13(32)18(33)24(17)40-14/h1-6,15-16,19-23,25-30,32-38H,7-8H2. The van der Waals surface area contributed by atoms with Gasteiger partial charge in [-0.15, -0.1) is 0 Å². The molecule has 3 aromatic rings. The van der Waals surface area contributed by atoms with Crippen molar-refractivity contribution in [3.63, 3.8) is 0 Å². The first-order valence-electron chi connectivity index (χ1n) is 13.0. The van der Waals surface area contributed by atoms with Gasteiger partial charge in [-0.25, -0.2) is 0 Å². The van der Waals surface area contributed by atoms with Gasteiger partial charge in [0.25, 0.3) is 0 Å². The predicted octanol–water partition coefficient (Wildman–Crippen LogP) is -2.42. The molecule has 2 saturated heterocycles. The Labute approximate surface area is 241 Å². The molecule has 0 spiro atoms. The molecule has 16 heteroatoms. The number of hydrogen-bond acceptors (Lipinski definition) is 16. The van der Waals surface area contributed by atoms with Crippen LogP contribution < -0.4 is 10.2 Å². The van der Waals surface area contributed by atoms with Gasteiger partial charge in [0.2, 0.25) is 12.0 Å². The lowest BCUT2D eigenvalue weighted by atomic mass is 9.97. The van der Waals surface area contributed by atoms with Crippen molar-refractivity contribution in [2.75, 3.05) is 13.2 Å². The van der Waals surface area contributed by atoms with Gasteiger partial charge in [0.1, 0.15) is 65.4 Å². The Morgan fingerprint density at radius 1 is 0.721 bits per heavy atom. The first kappa shape index (κ1) is 30.9. The molecule has 0 bridgehead atoms. The van der Waals surface area contributed by atoms with Crippen LogP contribution in [0.1, 0.15) is 0 Å². The van der Waals surface area contributed by atoms with Gasteiger partial charge in [-0.2, -0.15) is 0 Å². The molecule has 0 aliphatic carbocycles. The van der Waals surface area contributed by atoms with E-state index >= 15 is 0 Å². The Hall–Kier alpha value is -3.55. The third kappa shape index (κ3) is 5.73. The van der Waals surface area contributed by atoms with Gasteiger partial charge in [0.05, 0.1) is 13.2 Å². The molecule has 10 N–H and O–H groups in total. The second-order valence-electron chi connectivity index (χ2n) is 10.1. The van der Waals surface area contributed by atoms with E-state index in [1.54, 1.807) is 0 Å². The second-order valence-corrected chi connectivity index (χ2v) is 10.1. The van der Waals surface area contributed by atoms with E-state index in [1.165, 1.54) is 24.3 Å². The molecule has 234 valence electrons. The first-order valence-corrected chi connectivity index (χ1v) is 13.0. The van der Waals surface area contributed by atoms with E-state index in [4.69, 9.17) is 23.4 Å². The Bertz CT molecular complexity index is 1490. The predicted molar refractivity (Wildman–Crippen MR) is 140 cm³/mol. The van der Waals surface area contributed by atoms with Crippen molar-refractivity contribution in [2.45, 2.75) is 61.4 Å². The summed E-state index contributed by atoms with van der Waals surface area (Å²) in [5.74, 6) is -1.99. The van der Waals surface area contributed by atoms with Crippen LogP contribution in [0.15, 0.2) is 45.6 Å². The van der Waals surface area contributed by atoms with Crippen molar-refractivity contribution in [1.82, 2.24) is 0 Å². The lowest BCUT2D eigenvalue weighted by molar-refractivity contribution is -0.357. The fourth-order valence-electron chi connectivity index (χ4n) is 4.89. The summed E-state index contributed by atoms with van der Waals surface area (Å²) >= 11 is 0. The van der Waals surface area contributed by atoms with Crippen LogP contribution in [0.2, 0.25) is 0 Å². The number of fused-ring (bicyclic) bond motifs is 1. The van der Waals surface area contributed by atoms with Crippen LogP contribution in [0.4, 0.5) is 0 Å². The molecule has 2 aliphatic heterocycles. The molecule has 5 rings (SSSR count). The highest BCUT2D eigenvalue weighted by Crippen LogP contribution is 2.39. The third-order valence-corrected chi connectivity index (χ3v) is 7.29. The maximum absolute atomic E-state index is 12.6. The lowest BCUT2D eigenvalue weighted by Gasteiger charge is -2.45. The Morgan fingerprint density at radius 3 is 1.95 bits per heavy atom. The minimum Gasteiger partial charge on any atom is -0.507 e. The quantitative estimate of drug-likeness (QED) is 0.0985. The number of hydrogen-bond donors (Lipinski definition) is 10. The average Bonchev–Trinajstić information content (AvgIpc) is 2.99.